The van der Waals surface area contributed by atoms with Crippen molar-refractivity contribution >= 4 is 23.2 Å². The van der Waals surface area contributed by atoms with Gasteiger partial charge in [-0.25, -0.2) is 4.98 Å². The van der Waals surface area contributed by atoms with Gasteiger partial charge in [0, 0.05) is 56.0 Å². The molecule has 1 N–H and O–H groups in total. The number of methoxy groups -OCH3 is 1. The van der Waals surface area contributed by atoms with Crippen molar-refractivity contribution < 1.29 is 9.53 Å². The molecular weight excluding hydrogens is 478 g/mol. The fourth-order valence-electron chi connectivity index (χ4n) is 6.24. The van der Waals surface area contributed by atoms with E-state index in [1.807, 2.05) is 23.1 Å². The molecule has 1 fully saturated rings. The maximum atomic E-state index is 12.8. The van der Waals surface area contributed by atoms with E-state index in [2.05, 4.69) is 60.7 Å². The molecule has 5 rings (SSSR count). The SMILES string of the molecule is COc1ccccc1N1CCN(c2nc(-c3cc4c(cc3C)C(C)CC(C)(C)N4C(C)=O)cc(=O)[nH]2)CC1. The zero-order chi connectivity index (χ0) is 27.2. The van der Waals surface area contributed by atoms with Gasteiger partial charge in [-0.1, -0.05) is 25.1 Å². The van der Waals surface area contributed by atoms with Gasteiger partial charge in [0.05, 0.1) is 18.5 Å². The Bertz CT molecular complexity index is 1420. The van der Waals surface area contributed by atoms with Gasteiger partial charge in [-0.15, -0.1) is 0 Å². The van der Waals surface area contributed by atoms with Crippen LogP contribution in [-0.2, 0) is 4.79 Å². The molecule has 0 bridgehead atoms. The average Bonchev–Trinajstić information content (AvgIpc) is 2.88. The van der Waals surface area contributed by atoms with Gasteiger partial charge >= 0.3 is 0 Å². The number of piperazine rings is 1. The molecule has 2 aliphatic heterocycles. The highest BCUT2D eigenvalue weighted by atomic mass is 16.5. The van der Waals surface area contributed by atoms with Crippen LogP contribution >= 0.6 is 0 Å². The molecule has 200 valence electrons. The number of aryl methyl sites for hydroxylation is 1. The molecule has 0 aliphatic carbocycles. The molecule has 1 aromatic heterocycles. The number of para-hydroxylation sites is 2. The van der Waals surface area contributed by atoms with Gasteiger partial charge in [-0.05, 0) is 62.4 Å². The molecule has 8 nitrogen and oxygen atoms in total. The topological polar surface area (TPSA) is 81.8 Å². The molecule has 1 atom stereocenters. The molecule has 38 heavy (non-hydrogen) atoms. The summed E-state index contributed by atoms with van der Waals surface area (Å²) in [5, 5.41) is 0. The van der Waals surface area contributed by atoms with Crippen LogP contribution < -0.4 is 25.0 Å². The Labute approximate surface area is 224 Å². The summed E-state index contributed by atoms with van der Waals surface area (Å²) in [6, 6.07) is 13.8. The monoisotopic (exact) mass is 515 g/mol. The van der Waals surface area contributed by atoms with Crippen molar-refractivity contribution in [3.8, 4) is 17.0 Å². The third-order valence-electron chi connectivity index (χ3n) is 7.88. The number of carbonyl (C=O) groups is 1. The van der Waals surface area contributed by atoms with E-state index in [0.29, 0.717) is 17.6 Å². The number of aromatic amines is 1. The first-order valence-corrected chi connectivity index (χ1v) is 13.3. The third kappa shape index (κ3) is 4.64. The van der Waals surface area contributed by atoms with Crippen molar-refractivity contribution in [3.05, 3.63) is 63.9 Å². The number of hydrogen-bond acceptors (Lipinski definition) is 6. The van der Waals surface area contributed by atoms with Gasteiger partial charge in [0.1, 0.15) is 5.75 Å². The van der Waals surface area contributed by atoms with Crippen LogP contribution in [0, 0.1) is 6.92 Å². The Hall–Kier alpha value is -3.81. The Kier molecular flexibility index (Phi) is 6.67. The number of nitrogens with one attached hydrogen (secondary N) is 1. The van der Waals surface area contributed by atoms with E-state index in [9.17, 15) is 9.59 Å². The number of ether oxygens (including phenoxy) is 1. The Morgan fingerprint density at radius 3 is 2.42 bits per heavy atom. The summed E-state index contributed by atoms with van der Waals surface area (Å²) < 4.78 is 5.54. The highest BCUT2D eigenvalue weighted by Crippen LogP contribution is 2.45. The first kappa shape index (κ1) is 25.8. The maximum absolute atomic E-state index is 12.8. The number of hydrogen-bond donors (Lipinski definition) is 1. The highest BCUT2D eigenvalue weighted by molar-refractivity contribution is 5.95. The smallest absolute Gasteiger partial charge is 0.252 e. The lowest BCUT2D eigenvalue weighted by Crippen LogP contribution is -2.50. The summed E-state index contributed by atoms with van der Waals surface area (Å²) in [5.74, 6) is 1.77. The quantitative estimate of drug-likeness (QED) is 0.542. The summed E-state index contributed by atoms with van der Waals surface area (Å²) in [6.07, 6.45) is 0.895. The number of nitrogens with zero attached hydrogens (tertiary/aromatic N) is 4. The van der Waals surface area contributed by atoms with Crippen LogP contribution in [0.15, 0.2) is 47.3 Å². The number of rotatable bonds is 4. The van der Waals surface area contributed by atoms with Gasteiger partial charge in [0.25, 0.3) is 5.56 Å². The van der Waals surface area contributed by atoms with E-state index in [-0.39, 0.29) is 17.0 Å². The van der Waals surface area contributed by atoms with Crippen LogP contribution in [0.1, 0.15) is 51.2 Å². The first-order chi connectivity index (χ1) is 18.1. The second kappa shape index (κ2) is 9.82. The number of carbonyl (C=O) groups excluding carboxylic acids is 1. The van der Waals surface area contributed by atoms with E-state index in [0.717, 1.165) is 60.9 Å². The van der Waals surface area contributed by atoms with Gasteiger partial charge in [0.2, 0.25) is 11.9 Å². The van der Waals surface area contributed by atoms with Crippen molar-refractivity contribution in [2.75, 3.05) is 48.0 Å². The normalized spacial score (nSPS) is 18.8. The van der Waals surface area contributed by atoms with Gasteiger partial charge in [-0.2, -0.15) is 0 Å². The largest absolute Gasteiger partial charge is 0.495 e. The van der Waals surface area contributed by atoms with E-state index in [1.54, 1.807) is 20.1 Å². The van der Waals surface area contributed by atoms with Crippen LogP contribution in [0.3, 0.4) is 0 Å². The van der Waals surface area contributed by atoms with Crippen LogP contribution in [0.4, 0.5) is 17.3 Å². The fourth-order valence-corrected chi connectivity index (χ4v) is 6.24. The number of aromatic nitrogens is 2. The molecule has 2 aromatic carbocycles. The molecule has 1 amide bonds. The summed E-state index contributed by atoms with van der Waals surface area (Å²) in [6.45, 7) is 13.1. The molecule has 8 heteroatoms. The molecule has 1 unspecified atom stereocenters. The van der Waals surface area contributed by atoms with E-state index < -0.39 is 0 Å². The standard InChI is InChI=1S/C30H37N5O3/c1-19-15-23-20(2)18-30(4,5)35(21(3)36)26(23)16-22(19)24-17-28(37)32-29(31-24)34-13-11-33(12-14-34)25-9-7-8-10-27(25)38-6/h7-10,15-17,20H,11-14,18H2,1-6H3,(H,31,32,37). The average molecular weight is 516 g/mol. The lowest BCUT2D eigenvalue weighted by atomic mass is 9.78. The molecule has 3 heterocycles. The molecular formula is C30H37N5O3. The minimum absolute atomic E-state index is 0.0189. The van der Waals surface area contributed by atoms with E-state index in [1.165, 1.54) is 5.56 Å². The van der Waals surface area contributed by atoms with Crippen molar-refractivity contribution in [2.24, 2.45) is 0 Å². The molecule has 1 saturated heterocycles. The number of anilines is 3. The van der Waals surface area contributed by atoms with Crippen LogP contribution in [0.5, 0.6) is 5.75 Å². The zero-order valence-corrected chi connectivity index (χ0v) is 23.2. The molecule has 0 radical (unpaired) electrons. The van der Waals surface area contributed by atoms with Gasteiger partial charge in [0.15, 0.2) is 0 Å². The van der Waals surface area contributed by atoms with E-state index in [4.69, 9.17) is 9.72 Å². The van der Waals surface area contributed by atoms with E-state index >= 15 is 0 Å². The number of H-pyrrole nitrogens is 1. The number of fused-ring (bicyclic) bond motifs is 1. The minimum atomic E-state index is -0.293. The number of amides is 1. The van der Waals surface area contributed by atoms with Crippen molar-refractivity contribution in [1.29, 1.82) is 0 Å². The van der Waals surface area contributed by atoms with Gasteiger partial charge < -0.3 is 19.4 Å². The van der Waals surface area contributed by atoms with Gasteiger partial charge in [-0.3, -0.25) is 14.6 Å². The lowest BCUT2D eigenvalue weighted by Gasteiger charge is -2.46. The van der Waals surface area contributed by atoms with Crippen molar-refractivity contribution in [3.63, 3.8) is 0 Å². The molecule has 3 aromatic rings. The Morgan fingerprint density at radius 2 is 1.74 bits per heavy atom. The summed E-state index contributed by atoms with van der Waals surface area (Å²) in [4.78, 5) is 39.7. The van der Waals surface area contributed by atoms with Crippen LogP contribution in [0.25, 0.3) is 11.3 Å². The number of benzene rings is 2. The molecule has 2 aliphatic rings. The predicted octanol–water partition coefficient (Wildman–Crippen LogP) is 4.72. The Balaban J connectivity index is 1.47. The van der Waals surface area contributed by atoms with Crippen LogP contribution in [-0.4, -0.2) is 54.7 Å². The summed E-state index contributed by atoms with van der Waals surface area (Å²) in [5.41, 5.74) is 5.21. The Morgan fingerprint density at radius 1 is 1.05 bits per heavy atom. The summed E-state index contributed by atoms with van der Waals surface area (Å²) >= 11 is 0. The second-order valence-electron chi connectivity index (χ2n) is 11.1. The van der Waals surface area contributed by atoms with Crippen molar-refractivity contribution in [1.82, 2.24) is 9.97 Å². The minimum Gasteiger partial charge on any atom is -0.495 e. The van der Waals surface area contributed by atoms with Crippen molar-refractivity contribution in [2.45, 2.75) is 52.5 Å². The van der Waals surface area contributed by atoms with Crippen LogP contribution in [0.2, 0.25) is 0 Å². The highest BCUT2D eigenvalue weighted by Gasteiger charge is 2.39. The first-order valence-electron chi connectivity index (χ1n) is 13.3. The maximum Gasteiger partial charge on any atom is 0.252 e. The predicted molar refractivity (Wildman–Crippen MR) is 153 cm³/mol. The summed E-state index contributed by atoms with van der Waals surface area (Å²) in [7, 11) is 1.69. The lowest BCUT2D eigenvalue weighted by molar-refractivity contribution is -0.117. The molecule has 0 spiro atoms. The second-order valence-corrected chi connectivity index (χ2v) is 11.1. The fraction of sp³-hybridized carbons (Fsp3) is 0.433. The zero-order valence-electron chi connectivity index (χ0n) is 23.2. The molecule has 0 saturated carbocycles. The third-order valence-corrected chi connectivity index (χ3v) is 7.88.